The Bertz CT molecular complexity index is 750. The lowest BCUT2D eigenvalue weighted by Gasteiger charge is -2.05. The molecule has 3 rings (SSSR count). The maximum atomic E-state index is 12.4. The van der Waals surface area contributed by atoms with E-state index in [-0.39, 0.29) is 11.7 Å². The number of sulfone groups is 1. The van der Waals surface area contributed by atoms with Crippen molar-refractivity contribution >= 4 is 9.84 Å². The zero-order chi connectivity index (χ0) is 16.3. The fourth-order valence-corrected chi connectivity index (χ4v) is 3.97. The van der Waals surface area contributed by atoms with Crippen molar-refractivity contribution in [3.05, 3.63) is 42.0 Å². The number of hydrogen-bond donors (Lipinski definition) is 0. The molecule has 2 aromatic rings. The average molecular weight is 335 g/mol. The topological polar surface area (TPSA) is 74.1 Å². The molecule has 0 N–H and O–H groups in total. The largest absolute Gasteiger partial charge is 0.381 e. The number of ether oxygens (including phenoxy) is 1. The maximum absolute atomic E-state index is 12.4. The summed E-state index contributed by atoms with van der Waals surface area (Å²) in [6.07, 6.45) is 1.29. The van der Waals surface area contributed by atoms with Crippen molar-refractivity contribution in [3.8, 4) is 0 Å². The van der Waals surface area contributed by atoms with Crippen LogP contribution in [0.4, 0.5) is 0 Å². The molecule has 1 aliphatic heterocycles. The molecule has 1 saturated heterocycles. The molecule has 0 aliphatic carbocycles. The molecular formula is C16H21N3O3S. The molecule has 1 aromatic carbocycles. The van der Waals surface area contributed by atoms with E-state index in [2.05, 4.69) is 10.1 Å². The van der Waals surface area contributed by atoms with Crippen LogP contribution >= 0.6 is 0 Å². The van der Waals surface area contributed by atoms with Crippen LogP contribution in [0.1, 0.15) is 30.9 Å². The van der Waals surface area contributed by atoms with Crippen molar-refractivity contribution < 1.29 is 13.2 Å². The van der Waals surface area contributed by atoms with Crippen LogP contribution in [-0.2, 0) is 27.5 Å². The van der Waals surface area contributed by atoms with E-state index in [1.54, 1.807) is 28.9 Å². The lowest BCUT2D eigenvalue weighted by Crippen LogP contribution is -2.13. The molecular weight excluding hydrogens is 314 g/mol. The number of benzene rings is 1. The Kier molecular flexibility index (Phi) is 4.77. The van der Waals surface area contributed by atoms with Crippen LogP contribution in [0.3, 0.4) is 0 Å². The summed E-state index contributed by atoms with van der Waals surface area (Å²) in [5.41, 5.74) is 0. The maximum Gasteiger partial charge on any atom is 0.178 e. The molecule has 2 heterocycles. The molecule has 1 unspecified atom stereocenters. The van der Waals surface area contributed by atoms with E-state index in [1.807, 2.05) is 13.0 Å². The molecule has 124 valence electrons. The van der Waals surface area contributed by atoms with Gasteiger partial charge in [-0.1, -0.05) is 18.2 Å². The summed E-state index contributed by atoms with van der Waals surface area (Å²) in [6.45, 7) is 4.05. The van der Waals surface area contributed by atoms with Crippen LogP contribution in [-0.4, -0.2) is 42.1 Å². The highest BCUT2D eigenvalue weighted by molar-refractivity contribution is 7.91. The summed E-state index contributed by atoms with van der Waals surface area (Å²) in [4.78, 5) is 4.92. The smallest absolute Gasteiger partial charge is 0.178 e. The molecule has 0 radical (unpaired) electrons. The van der Waals surface area contributed by atoms with Crippen molar-refractivity contribution in [1.82, 2.24) is 14.8 Å². The second-order valence-electron chi connectivity index (χ2n) is 5.64. The first-order chi connectivity index (χ1) is 11.1. The molecule has 0 bridgehead atoms. The average Bonchev–Trinajstić information content (AvgIpc) is 3.23. The van der Waals surface area contributed by atoms with Gasteiger partial charge in [0, 0.05) is 25.5 Å². The normalized spacial score (nSPS) is 18.4. The summed E-state index contributed by atoms with van der Waals surface area (Å²) in [7, 11) is -3.30. The van der Waals surface area contributed by atoms with Crippen LogP contribution in [0, 0.1) is 0 Å². The Morgan fingerprint density at radius 1 is 1.30 bits per heavy atom. The van der Waals surface area contributed by atoms with Crippen molar-refractivity contribution in [1.29, 1.82) is 0 Å². The zero-order valence-electron chi connectivity index (χ0n) is 13.2. The zero-order valence-corrected chi connectivity index (χ0v) is 14.0. The van der Waals surface area contributed by atoms with E-state index >= 15 is 0 Å². The van der Waals surface area contributed by atoms with Gasteiger partial charge in [0.2, 0.25) is 0 Å². The molecule has 23 heavy (non-hydrogen) atoms. The minimum Gasteiger partial charge on any atom is -0.381 e. The molecule has 0 spiro atoms. The quantitative estimate of drug-likeness (QED) is 0.805. The van der Waals surface area contributed by atoms with Gasteiger partial charge >= 0.3 is 0 Å². The molecule has 6 nitrogen and oxygen atoms in total. The van der Waals surface area contributed by atoms with Gasteiger partial charge in [-0.15, -0.1) is 0 Å². The van der Waals surface area contributed by atoms with Crippen molar-refractivity contribution in [2.75, 3.05) is 19.0 Å². The number of rotatable bonds is 6. The van der Waals surface area contributed by atoms with Crippen LogP contribution in [0.5, 0.6) is 0 Å². The summed E-state index contributed by atoms with van der Waals surface area (Å²) in [5, 5.41) is 4.51. The predicted octanol–water partition coefficient (Wildman–Crippen LogP) is 1.82. The summed E-state index contributed by atoms with van der Waals surface area (Å²) in [6, 6.07) is 8.53. The van der Waals surface area contributed by atoms with Crippen molar-refractivity contribution in [3.63, 3.8) is 0 Å². The van der Waals surface area contributed by atoms with Gasteiger partial charge in [-0.05, 0) is 25.5 Å². The first-order valence-corrected chi connectivity index (χ1v) is 9.54. The third kappa shape index (κ3) is 3.61. The Labute approximate surface area is 136 Å². The van der Waals surface area contributed by atoms with Gasteiger partial charge < -0.3 is 4.74 Å². The van der Waals surface area contributed by atoms with Gasteiger partial charge in [-0.25, -0.2) is 13.4 Å². The highest BCUT2D eigenvalue weighted by Gasteiger charge is 2.24. The van der Waals surface area contributed by atoms with Gasteiger partial charge in [0.25, 0.3) is 0 Å². The number of nitrogens with zero attached hydrogens (tertiary/aromatic N) is 3. The number of aromatic nitrogens is 3. The molecule has 0 saturated carbocycles. The molecule has 1 aliphatic rings. The standard InChI is InChI=1S/C16H21N3O3S/c1-2-19-15(17-16(18-19)13-8-10-22-12-13)9-11-23(20,21)14-6-4-3-5-7-14/h3-7,13H,2,8-12H2,1H3. The monoisotopic (exact) mass is 335 g/mol. The van der Waals surface area contributed by atoms with E-state index in [9.17, 15) is 8.42 Å². The summed E-state index contributed by atoms with van der Waals surface area (Å²) >= 11 is 0. The molecule has 1 aromatic heterocycles. The Morgan fingerprint density at radius 3 is 2.74 bits per heavy atom. The van der Waals surface area contributed by atoms with Crippen molar-refractivity contribution in [2.45, 2.75) is 37.1 Å². The fourth-order valence-electron chi connectivity index (χ4n) is 2.71. The van der Waals surface area contributed by atoms with E-state index in [0.29, 0.717) is 24.5 Å². The van der Waals surface area contributed by atoms with Crippen LogP contribution in [0.25, 0.3) is 0 Å². The van der Waals surface area contributed by atoms with Gasteiger partial charge in [-0.3, -0.25) is 4.68 Å². The van der Waals surface area contributed by atoms with E-state index in [0.717, 1.165) is 24.7 Å². The minimum absolute atomic E-state index is 0.0380. The first kappa shape index (κ1) is 16.1. The lowest BCUT2D eigenvalue weighted by molar-refractivity contribution is 0.193. The summed E-state index contributed by atoms with van der Waals surface area (Å²) in [5.74, 6) is 1.77. The van der Waals surface area contributed by atoms with Gasteiger partial charge in [0.1, 0.15) is 5.82 Å². The number of aryl methyl sites for hydroxylation is 2. The second kappa shape index (κ2) is 6.80. The SMILES string of the molecule is CCn1nc(C2CCOC2)nc1CCS(=O)(=O)c1ccccc1. The summed E-state index contributed by atoms with van der Waals surface area (Å²) < 4.78 is 32.0. The van der Waals surface area contributed by atoms with E-state index in [4.69, 9.17) is 4.74 Å². The van der Waals surface area contributed by atoms with E-state index < -0.39 is 9.84 Å². The minimum atomic E-state index is -3.30. The second-order valence-corrected chi connectivity index (χ2v) is 7.75. The molecule has 7 heteroatoms. The third-order valence-corrected chi connectivity index (χ3v) is 5.79. The fraction of sp³-hybridized carbons (Fsp3) is 0.500. The first-order valence-electron chi connectivity index (χ1n) is 7.89. The Morgan fingerprint density at radius 2 is 2.09 bits per heavy atom. The Hall–Kier alpha value is -1.73. The highest BCUT2D eigenvalue weighted by atomic mass is 32.2. The molecule has 1 atom stereocenters. The van der Waals surface area contributed by atoms with Crippen LogP contribution in [0.15, 0.2) is 35.2 Å². The van der Waals surface area contributed by atoms with Crippen molar-refractivity contribution in [2.24, 2.45) is 0 Å². The predicted molar refractivity (Wildman–Crippen MR) is 86.1 cm³/mol. The molecule has 1 fully saturated rings. The van der Waals surface area contributed by atoms with Crippen LogP contribution in [0.2, 0.25) is 0 Å². The van der Waals surface area contributed by atoms with Gasteiger partial charge in [0.15, 0.2) is 15.7 Å². The van der Waals surface area contributed by atoms with Gasteiger partial charge in [0.05, 0.1) is 17.3 Å². The van der Waals surface area contributed by atoms with Crippen LogP contribution < -0.4 is 0 Å². The third-order valence-electron chi connectivity index (χ3n) is 4.06. The lowest BCUT2D eigenvalue weighted by atomic mass is 10.1. The molecule has 0 amide bonds. The number of hydrogen-bond acceptors (Lipinski definition) is 5. The Balaban J connectivity index is 1.75. The highest BCUT2D eigenvalue weighted by Crippen LogP contribution is 2.23. The van der Waals surface area contributed by atoms with E-state index in [1.165, 1.54) is 0 Å². The van der Waals surface area contributed by atoms with Gasteiger partial charge in [-0.2, -0.15) is 5.10 Å².